The van der Waals surface area contributed by atoms with Crippen molar-refractivity contribution in [1.29, 1.82) is 0 Å². The van der Waals surface area contributed by atoms with Crippen molar-refractivity contribution < 1.29 is 0 Å². The zero-order valence-electron chi connectivity index (χ0n) is 35.4. The van der Waals surface area contributed by atoms with E-state index in [1.807, 2.05) is 0 Å². The molecule has 2 atom stereocenters. The molecule has 2 unspecified atom stereocenters. The van der Waals surface area contributed by atoms with Gasteiger partial charge in [0.15, 0.2) is 0 Å². The van der Waals surface area contributed by atoms with Crippen LogP contribution >= 0.6 is 11.7 Å². The molecule has 0 amide bonds. The highest BCUT2D eigenvalue weighted by Gasteiger charge is 2.26. The van der Waals surface area contributed by atoms with Crippen LogP contribution < -0.4 is 0 Å². The van der Waals surface area contributed by atoms with E-state index in [-0.39, 0.29) is 0 Å². The van der Waals surface area contributed by atoms with Gasteiger partial charge >= 0.3 is 0 Å². The highest BCUT2D eigenvalue weighted by Crippen LogP contribution is 2.52. The maximum atomic E-state index is 4.91. The number of aromatic nitrogens is 2. The fraction of sp³-hybridized carbons (Fsp3) is 0.296. The van der Waals surface area contributed by atoms with E-state index in [0.29, 0.717) is 0 Å². The summed E-state index contributed by atoms with van der Waals surface area (Å²) in [7, 11) is 0. The van der Waals surface area contributed by atoms with Crippen molar-refractivity contribution >= 4 is 67.0 Å². The molecule has 0 bridgehead atoms. The summed E-state index contributed by atoms with van der Waals surface area (Å²) in [5.74, 6) is 1.45. The Kier molecular flexibility index (Phi) is 12.1. The first-order valence-electron chi connectivity index (χ1n) is 22.2. The van der Waals surface area contributed by atoms with Gasteiger partial charge in [0.05, 0.1) is 23.1 Å². The smallest absolute Gasteiger partial charge is 0.115 e. The summed E-state index contributed by atoms with van der Waals surface area (Å²) in [5.41, 5.74) is 15.5. The topological polar surface area (TPSA) is 50.5 Å². The average Bonchev–Trinajstić information content (AvgIpc) is 3.99. The molecule has 0 saturated heterocycles. The SMILES string of the molecule is CCCCC(CC)Cc1ccc(-c2ccc(-c3c4c(c(-c5ccc(-c6ccc(CC(CC)CCCC)c7ccccc67)cc5)c5nsnc35)N=S=N4)cc2)c2ccccc12. The Bertz CT molecular complexity index is 2680. The van der Waals surface area contributed by atoms with E-state index in [4.69, 9.17) is 17.5 Å². The molecule has 0 aliphatic carbocycles. The Morgan fingerprint density at radius 1 is 0.450 bits per heavy atom. The standard InChI is InChI=1S/C54H54N4S2/c1-5-9-15-35(7-3)33-41-29-31-45(47-19-13-11-17-43(41)47)37-21-25-39(26-22-37)49-51-53(57-59-55-51)50(54-52(49)56-60-58-54)40-27-23-38(24-28-40)46-32-30-42(34-36(8-4)16-10-6-2)44-18-12-14-20-48(44)46/h11-14,17-32,35-36H,5-10,15-16,33-34H2,1-4H3. The van der Waals surface area contributed by atoms with Crippen molar-refractivity contribution in [2.24, 2.45) is 20.6 Å². The number of hydrogen-bond acceptors (Lipinski definition) is 5. The van der Waals surface area contributed by atoms with Gasteiger partial charge < -0.3 is 0 Å². The predicted octanol–water partition coefficient (Wildman–Crippen LogP) is 16.9. The lowest BCUT2D eigenvalue weighted by atomic mass is 9.87. The maximum absolute atomic E-state index is 4.91. The van der Waals surface area contributed by atoms with Crippen molar-refractivity contribution in [3.63, 3.8) is 0 Å². The van der Waals surface area contributed by atoms with Crippen molar-refractivity contribution in [2.45, 2.75) is 91.9 Å². The molecule has 4 nitrogen and oxygen atoms in total. The summed E-state index contributed by atoms with van der Waals surface area (Å²) in [6, 6.07) is 45.2. The first-order valence-corrected chi connectivity index (χ1v) is 23.7. The largest absolute Gasteiger partial charge is 0.172 e. The third-order valence-electron chi connectivity index (χ3n) is 13.0. The molecule has 0 spiro atoms. The van der Waals surface area contributed by atoms with E-state index in [2.05, 4.69) is 149 Å². The fourth-order valence-corrected chi connectivity index (χ4v) is 10.6. The van der Waals surface area contributed by atoms with E-state index >= 15 is 0 Å². The van der Waals surface area contributed by atoms with Crippen molar-refractivity contribution in [3.05, 3.63) is 132 Å². The first kappa shape index (κ1) is 40.1. The molecule has 7 aromatic carbocycles. The fourth-order valence-electron chi connectivity index (χ4n) is 9.53. The van der Waals surface area contributed by atoms with E-state index in [9.17, 15) is 0 Å². The molecule has 0 fully saturated rings. The highest BCUT2D eigenvalue weighted by atomic mass is 32.1. The van der Waals surface area contributed by atoms with Crippen molar-refractivity contribution in [1.82, 2.24) is 8.75 Å². The van der Waals surface area contributed by atoms with Gasteiger partial charge in [-0.1, -0.05) is 200 Å². The summed E-state index contributed by atoms with van der Waals surface area (Å²) < 4.78 is 19.6. The zero-order chi connectivity index (χ0) is 41.0. The van der Waals surface area contributed by atoms with Crippen LogP contribution in [0.15, 0.2) is 130 Å². The molecular weight excluding hydrogens is 769 g/mol. The normalized spacial score (nSPS) is 13.3. The second-order valence-electron chi connectivity index (χ2n) is 16.7. The molecule has 1 aliphatic heterocycles. The Balaban J connectivity index is 1.04. The molecule has 0 N–H and O–H groups in total. The van der Waals surface area contributed by atoms with Crippen LogP contribution in [0, 0.1) is 11.8 Å². The van der Waals surface area contributed by atoms with Crippen LogP contribution in [0.25, 0.3) is 77.1 Å². The summed E-state index contributed by atoms with van der Waals surface area (Å²) >= 11 is 2.51. The average molecular weight is 823 g/mol. The molecule has 0 radical (unpaired) electrons. The summed E-state index contributed by atoms with van der Waals surface area (Å²) in [4.78, 5) is 0. The summed E-state index contributed by atoms with van der Waals surface area (Å²) in [6.07, 6.45) is 12.4. The van der Waals surface area contributed by atoms with Gasteiger partial charge in [-0.05, 0) is 90.7 Å². The second kappa shape index (κ2) is 18.1. The lowest BCUT2D eigenvalue weighted by molar-refractivity contribution is 0.450. The Hall–Kier alpha value is -5.30. The van der Waals surface area contributed by atoms with Gasteiger partial charge in [-0.2, -0.15) is 17.5 Å². The Morgan fingerprint density at radius 3 is 1.25 bits per heavy atom. The number of unbranched alkanes of at least 4 members (excludes halogenated alkanes) is 2. The van der Waals surface area contributed by atoms with Crippen molar-refractivity contribution in [3.8, 4) is 44.5 Å². The third kappa shape index (κ3) is 7.76. The van der Waals surface area contributed by atoms with Gasteiger partial charge in [0.2, 0.25) is 0 Å². The van der Waals surface area contributed by atoms with E-state index < -0.39 is 0 Å². The van der Waals surface area contributed by atoms with Crippen LogP contribution in [0.1, 0.15) is 90.2 Å². The van der Waals surface area contributed by atoms with Crippen LogP contribution in [-0.4, -0.2) is 8.75 Å². The van der Waals surface area contributed by atoms with E-state index in [0.717, 1.165) is 69.3 Å². The highest BCUT2D eigenvalue weighted by molar-refractivity contribution is 7.58. The number of benzene rings is 7. The van der Waals surface area contributed by atoms with Crippen LogP contribution in [0.5, 0.6) is 0 Å². The molecule has 2 heterocycles. The van der Waals surface area contributed by atoms with E-state index in [1.54, 1.807) is 0 Å². The first-order chi connectivity index (χ1) is 29.6. The van der Waals surface area contributed by atoms with Crippen LogP contribution in [0.4, 0.5) is 11.4 Å². The van der Waals surface area contributed by atoms with Crippen LogP contribution in [-0.2, 0) is 24.2 Å². The van der Waals surface area contributed by atoms with E-state index in [1.165, 1.54) is 129 Å². The number of rotatable bonds is 16. The predicted molar refractivity (Wildman–Crippen MR) is 260 cm³/mol. The monoisotopic (exact) mass is 822 g/mol. The molecule has 1 aliphatic rings. The lowest BCUT2D eigenvalue weighted by Crippen LogP contribution is -2.04. The molecule has 8 aromatic rings. The van der Waals surface area contributed by atoms with Crippen LogP contribution in [0.2, 0.25) is 0 Å². The van der Waals surface area contributed by atoms with Gasteiger partial charge in [-0.3, -0.25) is 0 Å². The summed E-state index contributed by atoms with van der Waals surface area (Å²) in [5, 5.41) is 5.36. The number of nitrogens with zero attached hydrogens (tertiary/aromatic N) is 4. The second-order valence-corrected chi connectivity index (χ2v) is 17.8. The van der Waals surface area contributed by atoms with Gasteiger partial charge in [0, 0.05) is 11.1 Å². The Labute approximate surface area is 363 Å². The zero-order valence-corrected chi connectivity index (χ0v) is 37.0. The minimum atomic E-state index is 0.723. The molecular formula is C54H54N4S2. The van der Waals surface area contributed by atoms with Gasteiger partial charge in [0.1, 0.15) is 22.4 Å². The van der Waals surface area contributed by atoms with Gasteiger partial charge in [0.25, 0.3) is 0 Å². The van der Waals surface area contributed by atoms with Crippen molar-refractivity contribution in [2.75, 3.05) is 0 Å². The molecule has 6 heteroatoms. The molecule has 302 valence electrons. The Morgan fingerprint density at radius 2 is 0.850 bits per heavy atom. The van der Waals surface area contributed by atoms with Gasteiger partial charge in [-0.25, -0.2) is 0 Å². The summed E-state index contributed by atoms with van der Waals surface area (Å²) in [6.45, 7) is 9.27. The third-order valence-corrected chi connectivity index (χ3v) is 14.1. The van der Waals surface area contributed by atoms with Crippen LogP contribution in [0.3, 0.4) is 0 Å². The number of hydrogen-bond donors (Lipinski definition) is 0. The molecule has 9 rings (SSSR count). The maximum Gasteiger partial charge on any atom is 0.115 e. The molecule has 1 aromatic heterocycles. The molecule has 60 heavy (non-hydrogen) atoms. The quantitative estimate of drug-likeness (QED) is 0.0975. The number of fused-ring (bicyclic) bond motifs is 4. The lowest BCUT2D eigenvalue weighted by Gasteiger charge is -2.18. The minimum Gasteiger partial charge on any atom is -0.172 e. The minimum absolute atomic E-state index is 0.723. The van der Waals surface area contributed by atoms with Gasteiger partial charge in [-0.15, -0.1) is 0 Å². The molecule has 0 saturated carbocycles.